The van der Waals surface area contributed by atoms with Gasteiger partial charge < -0.3 is 15.1 Å². The van der Waals surface area contributed by atoms with E-state index in [2.05, 4.69) is 0 Å². The Hall–Kier alpha value is -2.17. The molecule has 1 aliphatic heterocycles. The van der Waals surface area contributed by atoms with Crippen LogP contribution >= 0.6 is 0 Å². The number of hydrogen-bond acceptors (Lipinski definition) is 3. The van der Waals surface area contributed by atoms with E-state index in [9.17, 15) is 9.90 Å². The number of amides is 1. The Morgan fingerprint density at radius 1 is 1.00 bits per heavy atom. The summed E-state index contributed by atoms with van der Waals surface area (Å²) in [6, 6.07) is 16.8. The van der Waals surface area contributed by atoms with Crippen molar-refractivity contribution in [3.63, 3.8) is 0 Å². The Balaban J connectivity index is 2.01. The van der Waals surface area contributed by atoms with Gasteiger partial charge in [0.05, 0.1) is 0 Å². The van der Waals surface area contributed by atoms with Crippen LogP contribution in [0.5, 0.6) is 0 Å². The molecule has 2 aromatic rings. The van der Waals surface area contributed by atoms with Gasteiger partial charge in [-0.3, -0.25) is 4.79 Å². The number of aliphatic hydroxyl groups is 2. The summed E-state index contributed by atoms with van der Waals surface area (Å²) < 4.78 is 0. The number of carbonyl (C=O) groups excluding carboxylic acids is 1. The minimum absolute atomic E-state index is 0.0124. The van der Waals surface area contributed by atoms with E-state index >= 15 is 0 Å². The fourth-order valence-electron chi connectivity index (χ4n) is 3.06. The van der Waals surface area contributed by atoms with Gasteiger partial charge in [0.15, 0.2) is 5.72 Å². The molecule has 22 heavy (non-hydrogen) atoms. The van der Waals surface area contributed by atoms with Gasteiger partial charge in [-0.25, -0.2) is 0 Å². The molecule has 1 atom stereocenters. The van der Waals surface area contributed by atoms with Crippen LogP contribution in [0.4, 0.5) is 0 Å². The van der Waals surface area contributed by atoms with Crippen LogP contribution in [0.25, 0.3) is 0 Å². The molecule has 0 aromatic heterocycles. The van der Waals surface area contributed by atoms with Crippen molar-refractivity contribution in [2.24, 2.45) is 0 Å². The first kappa shape index (κ1) is 14.8. The Morgan fingerprint density at radius 3 is 2.41 bits per heavy atom. The van der Waals surface area contributed by atoms with Crippen molar-refractivity contribution in [3.05, 3.63) is 71.3 Å². The van der Waals surface area contributed by atoms with Crippen LogP contribution in [0.3, 0.4) is 0 Å². The molecule has 0 radical (unpaired) electrons. The van der Waals surface area contributed by atoms with E-state index in [1.165, 1.54) is 4.90 Å². The van der Waals surface area contributed by atoms with Crippen molar-refractivity contribution in [2.75, 3.05) is 13.2 Å². The van der Waals surface area contributed by atoms with E-state index in [-0.39, 0.29) is 12.5 Å². The Labute approximate surface area is 129 Å². The summed E-state index contributed by atoms with van der Waals surface area (Å²) in [5, 5.41) is 20.3. The number of fused-ring (bicyclic) bond motifs is 1. The average molecular weight is 297 g/mol. The summed E-state index contributed by atoms with van der Waals surface area (Å²) in [5.41, 5.74) is 0.786. The standard InChI is InChI=1S/C18H19NO3/c20-12-6-11-19-17(21)15-9-4-5-10-16(15)18(19,22)13-14-7-2-1-3-8-14/h1-5,7-10,20,22H,6,11-13H2/t18-/m0/s1. The first-order chi connectivity index (χ1) is 10.7. The van der Waals surface area contributed by atoms with Crippen LogP contribution in [-0.2, 0) is 12.1 Å². The van der Waals surface area contributed by atoms with Crippen LogP contribution in [0.1, 0.15) is 27.9 Å². The third-order valence-electron chi connectivity index (χ3n) is 4.11. The van der Waals surface area contributed by atoms with Crippen LogP contribution < -0.4 is 0 Å². The van der Waals surface area contributed by atoms with Crippen LogP contribution in [0.2, 0.25) is 0 Å². The Morgan fingerprint density at radius 2 is 1.68 bits per heavy atom. The van der Waals surface area contributed by atoms with Gasteiger partial charge in [0.25, 0.3) is 5.91 Å². The van der Waals surface area contributed by atoms with E-state index in [0.29, 0.717) is 30.5 Å². The molecule has 0 saturated carbocycles. The van der Waals surface area contributed by atoms with Crippen molar-refractivity contribution >= 4 is 5.91 Å². The molecule has 4 heteroatoms. The molecule has 2 N–H and O–H groups in total. The molecule has 0 saturated heterocycles. The smallest absolute Gasteiger partial charge is 0.256 e. The highest BCUT2D eigenvalue weighted by molar-refractivity contribution is 5.99. The fraction of sp³-hybridized carbons (Fsp3) is 0.278. The molecule has 0 aliphatic carbocycles. The minimum Gasteiger partial charge on any atom is -0.396 e. The predicted octanol–water partition coefficient (Wildman–Crippen LogP) is 1.91. The predicted molar refractivity (Wildman–Crippen MR) is 83.2 cm³/mol. The summed E-state index contributed by atoms with van der Waals surface area (Å²) in [4.78, 5) is 14.1. The van der Waals surface area contributed by atoms with Gasteiger partial charge in [-0.05, 0) is 18.1 Å². The number of carbonyl (C=O) groups is 1. The quantitative estimate of drug-likeness (QED) is 0.886. The van der Waals surface area contributed by atoms with Crippen molar-refractivity contribution in [1.82, 2.24) is 4.90 Å². The number of rotatable bonds is 5. The lowest BCUT2D eigenvalue weighted by atomic mass is 9.94. The Kier molecular flexibility index (Phi) is 3.96. The first-order valence-corrected chi connectivity index (χ1v) is 7.45. The van der Waals surface area contributed by atoms with Crippen LogP contribution in [0, 0.1) is 0 Å². The summed E-state index contributed by atoms with van der Waals surface area (Å²) in [5.74, 6) is -0.178. The van der Waals surface area contributed by atoms with Crippen molar-refractivity contribution in [2.45, 2.75) is 18.6 Å². The summed E-state index contributed by atoms with van der Waals surface area (Å²) >= 11 is 0. The normalized spacial score (nSPS) is 20.3. The number of hydrogen-bond donors (Lipinski definition) is 2. The zero-order chi connectivity index (χ0) is 15.6. The maximum absolute atomic E-state index is 12.6. The van der Waals surface area contributed by atoms with E-state index in [1.807, 2.05) is 36.4 Å². The summed E-state index contributed by atoms with van der Waals surface area (Å²) in [6.45, 7) is 0.314. The van der Waals surface area contributed by atoms with Crippen LogP contribution in [-0.4, -0.2) is 34.2 Å². The zero-order valence-corrected chi connectivity index (χ0v) is 12.3. The molecule has 3 rings (SSSR count). The number of benzene rings is 2. The van der Waals surface area contributed by atoms with Gasteiger partial charge in [0.1, 0.15) is 0 Å². The molecule has 1 amide bonds. The second-order valence-electron chi connectivity index (χ2n) is 5.56. The number of nitrogens with zero attached hydrogens (tertiary/aromatic N) is 1. The molecule has 0 bridgehead atoms. The fourth-order valence-corrected chi connectivity index (χ4v) is 3.06. The molecular formula is C18H19NO3. The highest BCUT2D eigenvalue weighted by Crippen LogP contribution is 2.39. The average Bonchev–Trinajstić information content (AvgIpc) is 2.75. The van der Waals surface area contributed by atoms with Gasteiger partial charge in [-0.15, -0.1) is 0 Å². The maximum atomic E-state index is 12.6. The minimum atomic E-state index is -1.36. The van der Waals surface area contributed by atoms with Gasteiger partial charge >= 0.3 is 0 Å². The molecule has 0 unspecified atom stereocenters. The topological polar surface area (TPSA) is 60.8 Å². The Bertz CT molecular complexity index is 671. The van der Waals surface area contributed by atoms with Gasteiger partial charge in [0, 0.05) is 30.7 Å². The molecule has 0 spiro atoms. The van der Waals surface area contributed by atoms with E-state index in [4.69, 9.17) is 5.11 Å². The highest BCUT2D eigenvalue weighted by atomic mass is 16.3. The molecule has 4 nitrogen and oxygen atoms in total. The lowest BCUT2D eigenvalue weighted by Gasteiger charge is -2.34. The van der Waals surface area contributed by atoms with Crippen LogP contribution in [0.15, 0.2) is 54.6 Å². The molecular weight excluding hydrogens is 278 g/mol. The lowest BCUT2D eigenvalue weighted by Crippen LogP contribution is -2.46. The van der Waals surface area contributed by atoms with E-state index in [0.717, 1.165) is 5.56 Å². The second-order valence-corrected chi connectivity index (χ2v) is 5.56. The maximum Gasteiger partial charge on any atom is 0.256 e. The third kappa shape index (κ3) is 2.40. The van der Waals surface area contributed by atoms with Crippen molar-refractivity contribution < 1.29 is 15.0 Å². The third-order valence-corrected chi connectivity index (χ3v) is 4.11. The van der Waals surface area contributed by atoms with Gasteiger partial charge in [-0.2, -0.15) is 0 Å². The SMILES string of the molecule is O=C1c2ccccc2[C@@](O)(Cc2ccccc2)N1CCCO. The van der Waals surface area contributed by atoms with Gasteiger partial charge in [0.2, 0.25) is 0 Å². The molecule has 2 aromatic carbocycles. The molecule has 1 aliphatic rings. The monoisotopic (exact) mass is 297 g/mol. The van der Waals surface area contributed by atoms with Crippen molar-refractivity contribution in [3.8, 4) is 0 Å². The lowest BCUT2D eigenvalue weighted by molar-refractivity contribution is -0.0848. The molecule has 1 heterocycles. The molecule has 114 valence electrons. The number of aliphatic hydroxyl groups excluding tert-OH is 1. The summed E-state index contributed by atoms with van der Waals surface area (Å²) in [7, 11) is 0. The van der Waals surface area contributed by atoms with E-state index in [1.54, 1.807) is 18.2 Å². The first-order valence-electron chi connectivity index (χ1n) is 7.45. The zero-order valence-electron chi connectivity index (χ0n) is 12.3. The second kappa shape index (κ2) is 5.91. The van der Waals surface area contributed by atoms with Gasteiger partial charge in [-0.1, -0.05) is 48.5 Å². The molecule has 0 fully saturated rings. The van der Waals surface area contributed by atoms with Crippen molar-refractivity contribution in [1.29, 1.82) is 0 Å². The largest absolute Gasteiger partial charge is 0.396 e. The van der Waals surface area contributed by atoms with E-state index < -0.39 is 5.72 Å². The summed E-state index contributed by atoms with van der Waals surface area (Å²) in [6.07, 6.45) is 0.777. The highest BCUT2D eigenvalue weighted by Gasteiger charge is 2.47.